The van der Waals surface area contributed by atoms with Crippen molar-refractivity contribution < 1.29 is 49.0 Å². The van der Waals surface area contributed by atoms with Gasteiger partial charge in [-0.05, 0) is 139 Å². The van der Waals surface area contributed by atoms with Gasteiger partial charge in [0.15, 0.2) is 0 Å². The first kappa shape index (κ1) is 30.8. The Morgan fingerprint density at radius 2 is 1.81 bits per heavy atom. The minimum absolute atomic E-state index is 0. The molecule has 42 heavy (non-hydrogen) atoms. The third-order valence-corrected chi connectivity index (χ3v) is 9.83. The molecule has 1 amide bonds. The molecular weight excluding hydrogens is 533 g/mol. The summed E-state index contributed by atoms with van der Waals surface area (Å²) in [6, 6.07) is 17.6. The maximum absolute atomic E-state index is 11.9. The standard InChI is InChI=1S/C36H41NO4.Na/c1-23-18-29(41-17-16-37-15-5-8-33(37)38)19-24(2)35(23)30-7-4-6-27(25(30)3)11-9-26-10-12-31-28(20-26)22-36(13-14-36)32(31)21-34(39)40;/h4,6-7,10,12,18-20,32H,5,8-9,11,13-17,21-22H2,1-3H3,(H,39,40);/q;+1/p-1. The molecule has 0 bridgehead atoms. The Bertz CT molecular complexity index is 1490. The Morgan fingerprint density at radius 1 is 1.05 bits per heavy atom. The first-order valence-electron chi connectivity index (χ1n) is 15.2. The summed E-state index contributed by atoms with van der Waals surface area (Å²) >= 11 is 0. The van der Waals surface area contributed by atoms with Gasteiger partial charge in [-0.25, -0.2) is 0 Å². The van der Waals surface area contributed by atoms with Crippen molar-refractivity contribution in [3.05, 3.63) is 87.5 Å². The second-order valence-electron chi connectivity index (χ2n) is 12.6. The number of benzene rings is 3. The number of hydrogen-bond donors (Lipinski definition) is 0. The van der Waals surface area contributed by atoms with Crippen LogP contribution in [0.3, 0.4) is 0 Å². The monoisotopic (exact) mass is 573 g/mol. The Hall–Kier alpha value is -2.60. The van der Waals surface area contributed by atoms with Crippen molar-refractivity contribution in [3.8, 4) is 16.9 Å². The molecule has 1 unspecified atom stereocenters. The Kier molecular flexibility index (Phi) is 9.22. The number of aliphatic carboxylic acids is 1. The fourth-order valence-electron chi connectivity index (χ4n) is 7.47. The summed E-state index contributed by atoms with van der Waals surface area (Å²) in [7, 11) is 0. The van der Waals surface area contributed by atoms with Crippen LogP contribution in [0.1, 0.15) is 77.0 Å². The third-order valence-electron chi connectivity index (χ3n) is 9.83. The molecule has 3 aromatic rings. The number of aryl methyl sites for hydroxylation is 4. The summed E-state index contributed by atoms with van der Waals surface area (Å²) < 4.78 is 6.06. The summed E-state index contributed by atoms with van der Waals surface area (Å²) in [6.45, 7) is 8.52. The largest absolute Gasteiger partial charge is 1.00 e. The number of amides is 1. The van der Waals surface area contributed by atoms with E-state index in [9.17, 15) is 14.7 Å². The zero-order valence-corrected chi connectivity index (χ0v) is 27.6. The molecule has 0 radical (unpaired) electrons. The van der Waals surface area contributed by atoms with Crippen LogP contribution in [-0.4, -0.2) is 36.5 Å². The molecule has 214 valence electrons. The average Bonchev–Trinajstić information content (AvgIpc) is 3.49. The van der Waals surface area contributed by atoms with Gasteiger partial charge >= 0.3 is 29.6 Å². The van der Waals surface area contributed by atoms with E-state index in [2.05, 4.69) is 69.3 Å². The number of likely N-dealkylation sites (tertiary alicyclic amines) is 1. The normalized spacial score (nSPS) is 18.2. The van der Waals surface area contributed by atoms with Crippen LogP contribution in [0, 0.1) is 26.2 Å². The van der Waals surface area contributed by atoms with E-state index in [4.69, 9.17) is 4.74 Å². The molecule has 3 aliphatic rings. The molecule has 3 aromatic carbocycles. The first-order chi connectivity index (χ1) is 19.7. The molecule has 1 saturated carbocycles. The van der Waals surface area contributed by atoms with E-state index in [0.717, 1.165) is 50.8 Å². The summed E-state index contributed by atoms with van der Waals surface area (Å²) in [5, 5.41) is 11.4. The molecule has 2 aliphatic carbocycles. The van der Waals surface area contributed by atoms with E-state index in [-0.39, 0.29) is 53.2 Å². The predicted molar refractivity (Wildman–Crippen MR) is 159 cm³/mol. The van der Waals surface area contributed by atoms with Gasteiger partial charge in [0, 0.05) is 18.9 Å². The van der Waals surface area contributed by atoms with Crippen molar-refractivity contribution in [2.45, 2.75) is 78.1 Å². The average molecular weight is 574 g/mol. The van der Waals surface area contributed by atoms with E-state index in [1.807, 2.05) is 4.90 Å². The SMILES string of the molecule is Cc1cc(OCCN2CCCC2=O)cc(C)c1-c1cccc(CCc2ccc3c(c2)CC2(CC2)C3CC(=O)[O-])c1C.[Na+]. The maximum atomic E-state index is 11.9. The molecule has 6 heteroatoms. The van der Waals surface area contributed by atoms with Gasteiger partial charge in [-0.3, -0.25) is 4.79 Å². The topological polar surface area (TPSA) is 69.7 Å². The van der Waals surface area contributed by atoms with E-state index in [1.54, 1.807) is 0 Å². The van der Waals surface area contributed by atoms with Crippen molar-refractivity contribution in [3.63, 3.8) is 0 Å². The molecule has 0 aromatic heterocycles. The van der Waals surface area contributed by atoms with Gasteiger partial charge in [0.05, 0.1) is 6.54 Å². The molecule has 1 saturated heterocycles. The molecule has 5 nitrogen and oxygen atoms in total. The smallest absolute Gasteiger partial charge is 0.550 e. The molecule has 6 rings (SSSR count). The van der Waals surface area contributed by atoms with Crippen LogP contribution in [0.25, 0.3) is 11.1 Å². The van der Waals surface area contributed by atoms with Crippen LogP contribution < -0.4 is 39.4 Å². The molecule has 1 heterocycles. The van der Waals surface area contributed by atoms with Crippen molar-refractivity contribution in [1.82, 2.24) is 4.90 Å². The first-order valence-corrected chi connectivity index (χ1v) is 15.2. The summed E-state index contributed by atoms with van der Waals surface area (Å²) in [5.41, 5.74) is 11.6. The fraction of sp³-hybridized carbons (Fsp3) is 0.444. The van der Waals surface area contributed by atoms with E-state index >= 15 is 0 Å². The fourth-order valence-corrected chi connectivity index (χ4v) is 7.47. The number of carboxylic acids is 1. The number of carbonyl (C=O) groups excluding carboxylic acids is 2. The molecule has 1 spiro atoms. The van der Waals surface area contributed by atoms with Crippen LogP contribution in [0.5, 0.6) is 5.75 Å². The summed E-state index contributed by atoms with van der Waals surface area (Å²) in [6.07, 6.45) is 6.94. The number of nitrogens with zero attached hydrogens (tertiary/aromatic N) is 1. The van der Waals surface area contributed by atoms with Crippen LogP contribution in [0.2, 0.25) is 0 Å². The van der Waals surface area contributed by atoms with E-state index in [0.29, 0.717) is 19.6 Å². The summed E-state index contributed by atoms with van der Waals surface area (Å²) in [4.78, 5) is 25.2. The quantitative estimate of drug-likeness (QED) is 0.350. The van der Waals surface area contributed by atoms with Crippen molar-refractivity contribution >= 4 is 11.9 Å². The minimum Gasteiger partial charge on any atom is -0.550 e. The minimum atomic E-state index is -0.934. The van der Waals surface area contributed by atoms with Gasteiger partial charge in [-0.1, -0.05) is 36.4 Å². The number of carbonyl (C=O) groups is 2. The van der Waals surface area contributed by atoms with Crippen LogP contribution in [0.4, 0.5) is 0 Å². The Balaban J connectivity index is 0.00000353. The number of hydrogen-bond acceptors (Lipinski definition) is 4. The number of fused-ring (bicyclic) bond motifs is 1. The van der Waals surface area contributed by atoms with E-state index < -0.39 is 5.97 Å². The second kappa shape index (κ2) is 12.6. The van der Waals surface area contributed by atoms with Crippen LogP contribution in [0.15, 0.2) is 48.5 Å². The van der Waals surface area contributed by atoms with Gasteiger partial charge in [0.2, 0.25) is 5.91 Å². The number of carboxylic acid groups (broad SMARTS) is 1. The molecular formula is C36H40NNaO4. The van der Waals surface area contributed by atoms with Crippen LogP contribution >= 0.6 is 0 Å². The van der Waals surface area contributed by atoms with Crippen molar-refractivity contribution in [2.24, 2.45) is 5.41 Å². The number of rotatable bonds is 10. The Morgan fingerprint density at radius 3 is 2.48 bits per heavy atom. The maximum Gasteiger partial charge on any atom is 1.00 e. The summed E-state index contributed by atoms with van der Waals surface area (Å²) in [5.74, 6) is 0.275. The van der Waals surface area contributed by atoms with Crippen LogP contribution in [-0.2, 0) is 28.9 Å². The molecule has 2 fully saturated rings. The molecule has 0 N–H and O–H groups in total. The van der Waals surface area contributed by atoms with Gasteiger partial charge in [0.25, 0.3) is 0 Å². The molecule has 1 atom stereocenters. The van der Waals surface area contributed by atoms with Crippen molar-refractivity contribution in [2.75, 3.05) is 19.7 Å². The van der Waals surface area contributed by atoms with Gasteiger partial charge in [-0.15, -0.1) is 0 Å². The second-order valence-corrected chi connectivity index (χ2v) is 12.6. The predicted octanol–water partition coefficient (Wildman–Crippen LogP) is 2.63. The number of ether oxygens (including phenoxy) is 1. The van der Waals surface area contributed by atoms with Crippen molar-refractivity contribution in [1.29, 1.82) is 0 Å². The van der Waals surface area contributed by atoms with Gasteiger partial charge in [-0.2, -0.15) is 0 Å². The zero-order chi connectivity index (χ0) is 28.7. The molecule has 1 aliphatic heterocycles. The van der Waals surface area contributed by atoms with Gasteiger partial charge in [0.1, 0.15) is 12.4 Å². The third kappa shape index (κ3) is 6.20. The Labute approximate surface area is 272 Å². The zero-order valence-electron chi connectivity index (χ0n) is 25.6. The van der Waals surface area contributed by atoms with E-state index in [1.165, 1.54) is 50.1 Å². The van der Waals surface area contributed by atoms with Gasteiger partial charge < -0.3 is 19.5 Å².